The maximum atomic E-state index is 12.6. The maximum Gasteiger partial charge on any atom is 0.387 e. The number of benzene rings is 1. The Labute approximate surface area is 170 Å². The van der Waals surface area contributed by atoms with Crippen LogP contribution in [0.3, 0.4) is 0 Å². The van der Waals surface area contributed by atoms with Crippen molar-refractivity contribution in [2.45, 2.75) is 45.8 Å². The zero-order chi connectivity index (χ0) is 21.2. The highest BCUT2D eigenvalue weighted by Crippen LogP contribution is 2.29. The van der Waals surface area contributed by atoms with Crippen molar-refractivity contribution in [1.82, 2.24) is 15.5 Å². The second kappa shape index (κ2) is 11.4. The van der Waals surface area contributed by atoms with Gasteiger partial charge in [0.15, 0.2) is 17.5 Å². The summed E-state index contributed by atoms with van der Waals surface area (Å²) in [6.07, 6.45) is 1.95. The number of carbonyl (C=O) groups excluding carboxylic acids is 1. The second-order valence-corrected chi connectivity index (χ2v) is 6.70. The number of rotatable bonds is 9. The number of nitrogens with zero attached hydrogens (tertiary/aromatic N) is 2. The molecule has 2 rings (SSSR count). The Morgan fingerprint density at radius 2 is 2.14 bits per heavy atom. The lowest BCUT2D eigenvalue weighted by atomic mass is 10.1. The van der Waals surface area contributed by atoms with E-state index in [0.29, 0.717) is 38.4 Å². The molecule has 1 amide bonds. The van der Waals surface area contributed by atoms with Crippen molar-refractivity contribution < 1.29 is 23.0 Å². The minimum atomic E-state index is -2.91. The number of hydrogen-bond acceptors (Lipinski definition) is 4. The first-order valence-electron chi connectivity index (χ1n) is 9.91. The van der Waals surface area contributed by atoms with Crippen molar-refractivity contribution in [3.8, 4) is 11.5 Å². The average Bonchev–Trinajstić information content (AvgIpc) is 3.16. The molecule has 1 atom stereocenters. The first-order valence-corrected chi connectivity index (χ1v) is 9.91. The molecule has 0 aliphatic carbocycles. The van der Waals surface area contributed by atoms with E-state index in [-0.39, 0.29) is 23.4 Å². The number of amides is 1. The van der Waals surface area contributed by atoms with Crippen LogP contribution in [0.15, 0.2) is 23.2 Å². The molecule has 0 aromatic heterocycles. The topological polar surface area (TPSA) is 75.2 Å². The number of methoxy groups -OCH3 is 1. The van der Waals surface area contributed by atoms with Crippen molar-refractivity contribution in [3.63, 3.8) is 0 Å². The molecule has 1 aromatic rings. The molecule has 1 aromatic carbocycles. The molecule has 162 valence electrons. The number of aliphatic imine (C=N–C) groups is 1. The van der Waals surface area contributed by atoms with Gasteiger partial charge < -0.3 is 25.0 Å². The van der Waals surface area contributed by atoms with Gasteiger partial charge in [-0.25, -0.2) is 0 Å². The van der Waals surface area contributed by atoms with Gasteiger partial charge in [-0.3, -0.25) is 9.79 Å². The Balaban J connectivity index is 1.94. The molecule has 0 bridgehead atoms. The largest absolute Gasteiger partial charge is 0.493 e. The molecule has 1 saturated heterocycles. The number of carbonyl (C=O) groups is 1. The SMILES string of the molecule is CCNC(=NCCc1ccc(OC)c(OC(F)F)c1)NC1CCN(C(=O)CC)C1. The number of hydrogen-bond donors (Lipinski definition) is 2. The Morgan fingerprint density at radius 1 is 1.34 bits per heavy atom. The zero-order valence-corrected chi connectivity index (χ0v) is 17.2. The first kappa shape index (κ1) is 22.7. The lowest BCUT2D eigenvalue weighted by molar-refractivity contribution is -0.129. The molecule has 1 aliphatic heterocycles. The van der Waals surface area contributed by atoms with Crippen LogP contribution in [0.2, 0.25) is 0 Å². The molecule has 29 heavy (non-hydrogen) atoms. The first-order chi connectivity index (χ1) is 14.0. The van der Waals surface area contributed by atoms with E-state index >= 15 is 0 Å². The normalized spacial score (nSPS) is 16.8. The van der Waals surface area contributed by atoms with E-state index in [1.54, 1.807) is 18.2 Å². The van der Waals surface area contributed by atoms with E-state index in [0.717, 1.165) is 18.5 Å². The van der Waals surface area contributed by atoms with E-state index in [4.69, 9.17) is 4.74 Å². The number of guanidine groups is 1. The molecule has 1 aliphatic rings. The minimum Gasteiger partial charge on any atom is -0.493 e. The van der Waals surface area contributed by atoms with E-state index < -0.39 is 6.61 Å². The van der Waals surface area contributed by atoms with Gasteiger partial charge in [-0.05, 0) is 37.5 Å². The lowest BCUT2D eigenvalue weighted by Crippen LogP contribution is -2.45. The van der Waals surface area contributed by atoms with Crippen molar-refractivity contribution in [2.24, 2.45) is 4.99 Å². The zero-order valence-electron chi connectivity index (χ0n) is 17.2. The smallest absolute Gasteiger partial charge is 0.387 e. The number of halogens is 2. The van der Waals surface area contributed by atoms with E-state index in [2.05, 4.69) is 20.4 Å². The summed E-state index contributed by atoms with van der Waals surface area (Å²) in [6, 6.07) is 5.12. The summed E-state index contributed by atoms with van der Waals surface area (Å²) >= 11 is 0. The van der Waals surface area contributed by atoms with Crippen LogP contribution in [0, 0.1) is 0 Å². The summed E-state index contributed by atoms with van der Waals surface area (Å²) in [5.41, 5.74) is 0.821. The summed E-state index contributed by atoms with van der Waals surface area (Å²) in [5, 5.41) is 6.57. The molecule has 7 nitrogen and oxygen atoms in total. The summed E-state index contributed by atoms with van der Waals surface area (Å²) in [6.45, 7) is 3.55. The lowest BCUT2D eigenvalue weighted by Gasteiger charge is -2.18. The van der Waals surface area contributed by atoms with E-state index in [9.17, 15) is 13.6 Å². The van der Waals surface area contributed by atoms with Crippen LogP contribution >= 0.6 is 0 Å². The third kappa shape index (κ3) is 7.07. The Kier molecular flexibility index (Phi) is 8.95. The Morgan fingerprint density at radius 3 is 2.79 bits per heavy atom. The highest BCUT2D eigenvalue weighted by molar-refractivity contribution is 5.80. The van der Waals surface area contributed by atoms with Crippen LogP contribution in [0.1, 0.15) is 32.3 Å². The van der Waals surface area contributed by atoms with Crippen molar-refractivity contribution in [1.29, 1.82) is 0 Å². The van der Waals surface area contributed by atoms with Gasteiger partial charge in [0.25, 0.3) is 0 Å². The molecule has 0 radical (unpaired) electrons. The maximum absolute atomic E-state index is 12.6. The van der Waals surface area contributed by atoms with E-state index in [1.807, 2.05) is 18.7 Å². The highest BCUT2D eigenvalue weighted by atomic mass is 19.3. The Hall–Kier alpha value is -2.58. The van der Waals surface area contributed by atoms with E-state index in [1.165, 1.54) is 7.11 Å². The van der Waals surface area contributed by atoms with Crippen LogP contribution in [-0.4, -0.2) is 62.7 Å². The third-order valence-electron chi connectivity index (χ3n) is 4.64. The monoisotopic (exact) mass is 412 g/mol. The molecule has 9 heteroatoms. The molecule has 2 N–H and O–H groups in total. The summed E-state index contributed by atoms with van der Waals surface area (Å²) in [7, 11) is 1.41. The van der Waals surface area contributed by atoms with Gasteiger partial charge in [-0.15, -0.1) is 0 Å². The van der Waals surface area contributed by atoms with Crippen LogP contribution in [0.25, 0.3) is 0 Å². The number of likely N-dealkylation sites (tertiary alicyclic amines) is 1. The van der Waals surface area contributed by atoms with Gasteiger partial charge in [0.05, 0.1) is 7.11 Å². The van der Waals surface area contributed by atoms with Crippen LogP contribution < -0.4 is 20.1 Å². The molecule has 1 heterocycles. The fraction of sp³-hybridized carbons (Fsp3) is 0.600. The van der Waals surface area contributed by atoms with Gasteiger partial charge in [-0.1, -0.05) is 13.0 Å². The fourth-order valence-corrected chi connectivity index (χ4v) is 3.20. The summed E-state index contributed by atoms with van der Waals surface area (Å²) in [5.74, 6) is 1.12. The van der Waals surface area contributed by atoms with Crippen molar-refractivity contribution >= 4 is 11.9 Å². The van der Waals surface area contributed by atoms with Crippen LogP contribution in [0.5, 0.6) is 11.5 Å². The number of nitrogens with one attached hydrogen (secondary N) is 2. The van der Waals surface area contributed by atoms with Crippen LogP contribution in [0.4, 0.5) is 8.78 Å². The third-order valence-corrected chi connectivity index (χ3v) is 4.64. The Bertz CT molecular complexity index is 700. The molecule has 1 unspecified atom stereocenters. The molecule has 0 spiro atoms. The fourth-order valence-electron chi connectivity index (χ4n) is 3.20. The average molecular weight is 412 g/mol. The quantitative estimate of drug-likeness (QED) is 0.481. The molecule has 0 saturated carbocycles. The highest BCUT2D eigenvalue weighted by Gasteiger charge is 2.25. The summed E-state index contributed by atoms with van der Waals surface area (Å²) in [4.78, 5) is 18.3. The number of ether oxygens (including phenoxy) is 2. The molecular formula is C20H30F2N4O3. The van der Waals surface area contributed by atoms with Gasteiger partial charge >= 0.3 is 6.61 Å². The summed E-state index contributed by atoms with van der Waals surface area (Å²) < 4.78 is 34.7. The van der Waals surface area contributed by atoms with Crippen molar-refractivity contribution in [2.75, 3.05) is 33.3 Å². The molecular weight excluding hydrogens is 382 g/mol. The minimum absolute atomic E-state index is 0.0145. The molecule has 1 fully saturated rings. The predicted octanol–water partition coefficient (Wildman–Crippen LogP) is 2.41. The van der Waals surface area contributed by atoms with Gasteiger partial charge in [0.1, 0.15) is 0 Å². The van der Waals surface area contributed by atoms with Gasteiger partial charge in [0.2, 0.25) is 5.91 Å². The number of alkyl halides is 2. The van der Waals surface area contributed by atoms with Gasteiger partial charge in [0, 0.05) is 38.6 Å². The second-order valence-electron chi connectivity index (χ2n) is 6.70. The standard InChI is InChI=1S/C20H30F2N4O3/c1-4-18(27)26-11-9-15(13-26)25-20(23-5-2)24-10-8-14-6-7-16(28-3)17(12-14)29-19(21)22/h6-7,12,15,19H,4-5,8-11,13H2,1-3H3,(H2,23,24,25). The van der Waals surface area contributed by atoms with Crippen molar-refractivity contribution in [3.05, 3.63) is 23.8 Å². The van der Waals surface area contributed by atoms with Crippen LogP contribution in [-0.2, 0) is 11.2 Å². The van der Waals surface area contributed by atoms with Gasteiger partial charge in [-0.2, -0.15) is 8.78 Å². The predicted molar refractivity (Wildman–Crippen MR) is 108 cm³/mol.